The van der Waals surface area contributed by atoms with Crippen LogP contribution >= 0.6 is 0 Å². The van der Waals surface area contributed by atoms with Crippen LogP contribution in [0.2, 0.25) is 0 Å². The first-order valence-corrected chi connectivity index (χ1v) is 6.93. The Morgan fingerprint density at radius 1 is 1.09 bits per heavy atom. The smallest absolute Gasteiger partial charge is 0.305 e. The van der Waals surface area contributed by atoms with Crippen molar-refractivity contribution in [1.29, 1.82) is 0 Å². The zero-order valence-corrected chi connectivity index (χ0v) is 12.5. The van der Waals surface area contributed by atoms with Gasteiger partial charge in [-0.3, -0.25) is 20.4 Å². The summed E-state index contributed by atoms with van der Waals surface area (Å²) in [5, 5.41) is 0. The van der Waals surface area contributed by atoms with Gasteiger partial charge in [-0.1, -0.05) is 32.0 Å². The number of carbonyl (C=O) groups excluding carboxylic acids is 2. The number of hydrazine groups is 1. The zero-order valence-electron chi connectivity index (χ0n) is 12.5. The van der Waals surface area contributed by atoms with Gasteiger partial charge in [0.25, 0.3) is 0 Å². The van der Waals surface area contributed by atoms with Crippen LogP contribution in [0.25, 0.3) is 0 Å². The second kappa shape index (κ2) is 7.31. The largest absolute Gasteiger partial charge is 0.486 e. The van der Waals surface area contributed by atoms with Crippen LogP contribution < -0.4 is 15.6 Å². The molecule has 0 bridgehead atoms. The van der Waals surface area contributed by atoms with Crippen molar-refractivity contribution >= 4 is 11.8 Å². The van der Waals surface area contributed by atoms with Gasteiger partial charge >= 0.3 is 5.91 Å². The first kappa shape index (κ1) is 15.6. The van der Waals surface area contributed by atoms with E-state index in [1.54, 1.807) is 19.9 Å². The molecule has 1 aromatic heterocycles. The summed E-state index contributed by atoms with van der Waals surface area (Å²) < 4.78 is 10.9. The highest BCUT2D eigenvalue weighted by Crippen LogP contribution is 2.13. The lowest BCUT2D eigenvalue weighted by Gasteiger charge is -2.07. The highest BCUT2D eigenvalue weighted by Gasteiger charge is 2.13. The molecule has 0 spiro atoms. The van der Waals surface area contributed by atoms with Crippen molar-refractivity contribution in [3.63, 3.8) is 0 Å². The van der Waals surface area contributed by atoms with E-state index in [4.69, 9.17) is 9.15 Å². The van der Waals surface area contributed by atoms with Crippen LogP contribution in [0.3, 0.4) is 0 Å². The maximum Gasteiger partial charge on any atom is 0.305 e. The van der Waals surface area contributed by atoms with Crippen LogP contribution in [-0.4, -0.2) is 11.8 Å². The van der Waals surface area contributed by atoms with Gasteiger partial charge in [-0.2, -0.15) is 0 Å². The van der Waals surface area contributed by atoms with Crippen molar-refractivity contribution in [3.8, 4) is 5.75 Å². The first-order valence-electron chi connectivity index (χ1n) is 6.93. The Balaban J connectivity index is 1.85. The van der Waals surface area contributed by atoms with Gasteiger partial charge in [0.2, 0.25) is 5.91 Å². The van der Waals surface area contributed by atoms with Gasteiger partial charge in [0, 0.05) is 5.92 Å². The SMILES string of the molecule is CC(C)C(=O)NNC(=O)c1ccc(COc2ccccc2)o1. The van der Waals surface area contributed by atoms with E-state index in [1.165, 1.54) is 6.07 Å². The average Bonchev–Trinajstić information content (AvgIpc) is 3.00. The summed E-state index contributed by atoms with van der Waals surface area (Å²) in [5.41, 5.74) is 4.61. The number of amides is 2. The molecule has 0 atom stereocenters. The highest BCUT2D eigenvalue weighted by molar-refractivity contribution is 5.93. The van der Waals surface area contributed by atoms with Gasteiger partial charge in [-0.15, -0.1) is 0 Å². The Labute approximate surface area is 128 Å². The summed E-state index contributed by atoms with van der Waals surface area (Å²) in [7, 11) is 0. The molecular formula is C16H18N2O4. The molecule has 2 aromatic rings. The van der Waals surface area contributed by atoms with Crippen LogP contribution in [0, 0.1) is 5.92 Å². The van der Waals surface area contributed by atoms with Crippen LogP contribution in [0.4, 0.5) is 0 Å². The Morgan fingerprint density at radius 3 is 2.50 bits per heavy atom. The van der Waals surface area contributed by atoms with E-state index in [9.17, 15) is 9.59 Å². The number of hydrogen-bond donors (Lipinski definition) is 2. The molecule has 2 N–H and O–H groups in total. The summed E-state index contributed by atoms with van der Waals surface area (Å²) in [4.78, 5) is 23.2. The fourth-order valence-electron chi connectivity index (χ4n) is 1.57. The van der Waals surface area contributed by atoms with Crippen LogP contribution in [-0.2, 0) is 11.4 Å². The average molecular weight is 302 g/mol. The van der Waals surface area contributed by atoms with E-state index in [-0.39, 0.29) is 24.2 Å². The Bertz CT molecular complexity index is 635. The van der Waals surface area contributed by atoms with E-state index in [1.807, 2.05) is 30.3 Å². The van der Waals surface area contributed by atoms with Gasteiger partial charge in [0.05, 0.1) is 0 Å². The number of furan rings is 1. The normalized spacial score (nSPS) is 10.3. The van der Waals surface area contributed by atoms with E-state index >= 15 is 0 Å². The van der Waals surface area contributed by atoms with E-state index in [0.717, 1.165) is 0 Å². The third kappa shape index (κ3) is 4.37. The number of nitrogens with one attached hydrogen (secondary N) is 2. The molecule has 0 fully saturated rings. The van der Waals surface area contributed by atoms with Crippen molar-refractivity contribution in [2.75, 3.05) is 0 Å². The van der Waals surface area contributed by atoms with Crippen molar-refractivity contribution < 1.29 is 18.7 Å². The molecule has 116 valence electrons. The molecule has 6 heteroatoms. The van der Waals surface area contributed by atoms with Gasteiger partial charge in [0.15, 0.2) is 5.76 Å². The summed E-state index contributed by atoms with van der Waals surface area (Å²) in [5.74, 6) is 0.341. The summed E-state index contributed by atoms with van der Waals surface area (Å²) in [6, 6.07) is 12.5. The molecular weight excluding hydrogens is 284 g/mol. The lowest BCUT2D eigenvalue weighted by Crippen LogP contribution is -2.43. The van der Waals surface area contributed by atoms with Gasteiger partial charge in [-0.25, -0.2) is 0 Å². The molecule has 0 saturated heterocycles. The third-order valence-electron chi connectivity index (χ3n) is 2.83. The van der Waals surface area contributed by atoms with Crippen molar-refractivity contribution in [2.45, 2.75) is 20.5 Å². The second-order valence-corrected chi connectivity index (χ2v) is 4.97. The molecule has 0 aliphatic rings. The van der Waals surface area contributed by atoms with Crippen LogP contribution in [0.1, 0.15) is 30.2 Å². The number of hydrogen-bond acceptors (Lipinski definition) is 4. The van der Waals surface area contributed by atoms with Crippen LogP contribution in [0.5, 0.6) is 5.75 Å². The highest BCUT2D eigenvalue weighted by atomic mass is 16.5. The summed E-state index contributed by atoms with van der Waals surface area (Å²) in [6.07, 6.45) is 0. The zero-order chi connectivity index (χ0) is 15.9. The van der Waals surface area contributed by atoms with E-state index in [2.05, 4.69) is 10.9 Å². The molecule has 0 aliphatic carbocycles. The number of carbonyl (C=O) groups is 2. The maximum atomic E-state index is 11.8. The predicted octanol–water partition coefficient (Wildman–Crippen LogP) is 2.28. The molecule has 1 heterocycles. The molecule has 0 unspecified atom stereocenters. The molecule has 0 saturated carbocycles. The van der Waals surface area contributed by atoms with E-state index in [0.29, 0.717) is 11.5 Å². The summed E-state index contributed by atoms with van der Waals surface area (Å²) in [6.45, 7) is 3.68. The minimum atomic E-state index is -0.514. The Morgan fingerprint density at radius 2 is 1.82 bits per heavy atom. The fourth-order valence-corrected chi connectivity index (χ4v) is 1.57. The van der Waals surface area contributed by atoms with Gasteiger partial charge < -0.3 is 9.15 Å². The third-order valence-corrected chi connectivity index (χ3v) is 2.83. The van der Waals surface area contributed by atoms with Gasteiger partial charge in [0.1, 0.15) is 18.1 Å². The van der Waals surface area contributed by atoms with Crippen molar-refractivity contribution in [2.24, 2.45) is 5.92 Å². The Kier molecular flexibility index (Phi) is 5.19. The topological polar surface area (TPSA) is 80.6 Å². The second-order valence-electron chi connectivity index (χ2n) is 4.97. The molecule has 1 aromatic carbocycles. The molecule has 22 heavy (non-hydrogen) atoms. The number of benzene rings is 1. The van der Waals surface area contributed by atoms with Gasteiger partial charge in [-0.05, 0) is 24.3 Å². The van der Waals surface area contributed by atoms with Crippen LogP contribution in [0.15, 0.2) is 46.9 Å². The number of ether oxygens (including phenoxy) is 1. The monoisotopic (exact) mass is 302 g/mol. The predicted molar refractivity (Wildman–Crippen MR) is 79.9 cm³/mol. The quantitative estimate of drug-likeness (QED) is 0.830. The number of para-hydroxylation sites is 1. The minimum absolute atomic E-state index is 0.107. The fraction of sp³-hybridized carbons (Fsp3) is 0.250. The maximum absolute atomic E-state index is 11.8. The molecule has 0 aliphatic heterocycles. The lowest BCUT2D eigenvalue weighted by atomic mass is 10.2. The first-order chi connectivity index (χ1) is 10.6. The standard InChI is InChI=1S/C16H18N2O4/c1-11(2)15(19)17-18-16(20)14-9-8-13(22-14)10-21-12-6-4-3-5-7-12/h3-9,11H,10H2,1-2H3,(H,17,19)(H,18,20). The molecule has 6 nitrogen and oxygen atoms in total. The Hall–Kier alpha value is -2.76. The molecule has 2 rings (SSSR count). The lowest BCUT2D eigenvalue weighted by molar-refractivity contribution is -0.124. The molecule has 0 radical (unpaired) electrons. The van der Waals surface area contributed by atoms with Crippen molar-refractivity contribution in [1.82, 2.24) is 10.9 Å². The van der Waals surface area contributed by atoms with E-state index < -0.39 is 5.91 Å². The minimum Gasteiger partial charge on any atom is -0.486 e. The summed E-state index contributed by atoms with van der Waals surface area (Å²) >= 11 is 0. The molecule has 2 amide bonds. The van der Waals surface area contributed by atoms with Crippen molar-refractivity contribution in [3.05, 3.63) is 54.0 Å². The number of rotatable bonds is 5.